The predicted molar refractivity (Wildman–Crippen MR) is 115 cm³/mol. The Bertz CT molecular complexity index is 1230. The van der Waals surface area contributed by atoms with Gasteiger partial charge in [-0.15, -0.1) is 0 Å². The van der Waals surface area contributed by atoms with Gasteiger partial charge < -0.3 is 20.1 Å². The maximum Gasteiger partial charge on any atom is 0.252 e. The zero-order chi connectivity index (χ0) is 20.3. The van der Waals surface area contributed by atoms with Crippen LogP contribution in [0.15, 0.2) is 78.9 Å². The molecule has 6 heteroatoms. The number of para-hydroxylation sites is 2. The summed E-state index contributed by atoms with van der Waals surface area (Å²) in [5.74, 6) is 1.88. The van der Waals surface area contributed by atoms with Gasteiger partial charge in [0.05, 0.1) is 11.1 Å². The lowest BCUT2D eigenvalue weighted by molar-refractivity contribution is 0.0952. The van der Waals surface area contributed by atoms with E-state index in [1.54, 1.807) is 6.07 Å². The minimum absolute atomic E-state index is 0.164. The molecule has 0 saturated heterocycles. The van der Waals surface area contributed by atoms with Crippen LogP contribution < -0.4 is 20.1 Å². The molecule has 4 aromatic rings. The van der Waals surface area contributed by atoms with Crippen molar-refractivity contribution in [3.05, 3.63) is 90.0 Å². The number of hydrogen-bond donors (Lipinski definition) is 2. The van der Waals surface area contributed by atoms with Gasteiger partial charge in [0.15, 0.2) is 11.5 Å². The summed E-state index contributed by atoms with van der Waals surface area (Å²) in [6, 6.07) is 24.8. The van der Waals surface area contributed by atoms with E-state index in [4.69, 9.17) is 9.47 Å². The molecule has 0 aliphatic carbocycles. The van der Waals surface area contributed by atoms with Crippen LogP contribution in [0.1, 0.15) is 15.9 Å². The lowest BCUT2D eigenvalue weighted by Gasteiger charge is -2.12. The largest absolute Gasteiger partial charge is 0.454 e. The van der Waals surface area contributed by atoms with Gasteiger partial charge in [-0.3, -0.25) is 4.79 Å². The average Bonchev–Trinajstić information content (AvgIpc) is 3.25. The van der Waals surface area contributed by atoms with Crippen LogP contribution in [-0.4, -0.2) is 17.7 Å². The van der Waals surface area contributed by atoms with E-state index in [9.17, 15) is 4.79 Å². The van der Waals surface area contributed by atoms with Gasteiger partial charge in [0.1, 0.15) is 5.82 Å². The highest BCUT2D eigenvalue weighted by Crippen LogP contribution is 2.32. The molecule has 6 nitrogen and oxygen atoms in total. The third kappa shape index (κ3) is 3.63. The van der Waals surface area contributed by atoms with Crippen LogP contribution in [0.3, 0.4) is 0 Å². The second kappa shape index (κ2) is 7.75. The van der Waals surface area contributed by atoms with Crippen molar-refractivity contribution in [2.75, 3.05) is 12.1 Å². The van der Waals surface area contributed by atoms with E-state index in [1.165, 1.54) is 0 Å². The second-order valence-corrected chi connectivity index (χ2v) is 6.93. The Hall–Kier alpha value is -4.06. The number of carbonyl (C=O) groups is 1. The fraction of sp³-hybridized carbons (Fsp3) is 0.0833. The van der Waals surface area contributed by atoms with Crippen LogP contribution in [0.25, 0.3) is 10.9 Å². The highest BCUT2D eigenvalue weighted by molar-refractivity contribution is 6.07. The summed E-state index contributed by atoms with van der Waals surface area (Å²) in [5.41, 5.74) is 3.17. The number of nitrogens with one attached hydrogen (secondary N) is 2. The lowest BCUT2D eigenvalue weighted by atomic mass is 10.1. The summed E-state index contributed by atoms with van der Waals surface area (Å²) >= 11 is 0. The van der Waals surface area contributed by atoms with Crippen LogP contribution in [0.4, 0.5) is 11.5 Å². The number of anilines is 2. The molecule has 0 atom stereocenters. The van der Waals surface area contributed by atoms with Gasteiger partial charge >= 0.3 is 0 Å². The van der Waals surface area contributed by atoms with E-state index in [0.29, 0.717) is 23.7 Å². The lowest BCUT2D eigenvalue weighted by Crippen LogP contribution is -2.23. The smallest absolute Gasteiger partial charge is 0.252 e. The van der Waals surface area contributed by atoms with Crippen molar-refractivity contribution in [3.8, 4) is 11.5 Å². The van der Waals surface area contributed by atoms with Crippen molar-refractivity contribution >= 4 is 28.3 Å². The first kappa shape index (κ1) is 18.0. The third-order valence-electron chi connectivity index (χ3n) is 4.90. The Kier molecular flexibility index (Phi) is 4.65. The molecule has 0 unspecified atom stereocenters. The summed E-state index contributed by atoms with van der Waals surface area (Å²) in [5, 5.41) is 7.08. The van der Waals surface area contributed by atoms with E-state index in [1.807, 2.05) is 72.8 Å². The zero-order valence-electron chi connectivity index (χ0n) is 16.1. The SMILES string of the molecule is O=C(NCc1ccc2c(c1)OCO2)c1cc(Nc2ccccc2)nc2ccccc12. The molecule has 0 spiro atoms. The Morgan fingerprint density at radius 2 is 1.70 bits per heavy atom. The molecule has 2 heterocycles. The first-order valence-electron chi connectivity index (χ1n) is 9.65. The number of aromatic nitrogens is 1. The van der Waals surface area contributed by atoms with Crippen molar-refractivity contribution in [3.63, 3.8) is 0 Å². The Labute approximate surface area is 173 Å². The standard InChI is InChI=1S/C24H19N3O3/c28-24(25-14-16-10-11-21-22(12-16)30-15-29-21)19-13-23(26-17-6-2-1-3-7-17)27-20-9-5-4-8-18(19)20/h1-13H,14-15H2,(H,25,28)(H,26,27). The summed E-state index contributed by atoms with van der Waals surface area (Å²) in [4.78, 5) is 17.7. The molecular weight excluding hydrogens is 378 g/mol. The highest BCUT2D eigenvalue weighted by Gasteiger charge is 2.15. The third-order valence-corrected chi connectivity index (χ3v) is 4.90. The van der Waals surface area contributed by atoms with Crippen LogP contribution in [0.5, 0.6) is 11.5 Å². The number of hydrogen-bond acceptors (Lipinski definition) is 5. The maximum absolute atomic E-state index is 13.0. The molecule has 0 saturated carbocycles. The Morgan fingerprint density at radius 1 is 0.900 bits per heavy atom. The van der Waals surface area contributed by atoms with E-state index in [-0.39, 0.29) is 12.7 Å². The molecule has 148 valence electrons. The summed E-state index contributed by atoms with van der Waals surface area (Å²) < 4.78 is 10.7. The molecule has 2 N–H and O–H groups in total. The molecule has 1 aromatic heterocycles. The Balaban J connectivity index is 1.41. The monoisotopic (exact) mass is 397 g/mol. The van der Waals surface area contributed by atoms with Gasteiger partial charge in [0.25, 0.3) is 5.91 Å². The van der Waals surface area contributed by atoms with E-state index in [0.717, 1.165) is 27.9 Å². The molecular formula is C24H19N3O3. The number of fused-ring (bicyclic) bond motifs is 2. The first-order chi connectivity index (χ1) is 14.8. The molecule has 1 aliphatic rings. The number of benzene rings is 3. The molecule has 1 aliphatic heterocycles. The van der Waals surface area contributed by atoms with Gasteiger partial charge in [-0.25, -0.2) is 4.98 Å². The number of nitrogens with zero attached hydrogens (tertiary/aromatic N) is 1. The van der Waals surface area contributed by atoms with Crippen molar-refractivity contribution in [1.29, 1.82) is 0 Å². The minimum Gasteiger partial charge on any atom is -0.454 e. The van der Waals surface area contributed by atoms with Crippen molar-refractivity contribution < 1.29 is 14.3 Å². The molecule has 1 amide bonds. The number of pyridine rings is 1. The van der Waals surface area contributed by atoms with Crippen molar-refractivity contribution in [2.45, 2.75) is 6.54 Å². The van der Waals surface area contributed by atoms with Gasteiger partial charge in [0.2, 0.25) is 6.79 Å². The van der Waals surface area contributed by atoms with Gasteiger partial charge in [-0.1, -0.05) is 42.5 Å². The van der Waals surface area contributed by atoms with Crippen LogP contribution in [0.2, 0.25) is 0 Å². The zero-order valence-corrected chi connectivity index (χ0v) is 16.1. The van der Waals surface area contributed by atoms with E-state index in [2.05, 4.69) is 15.6 Å². The molecule has 0 fully saturated rings. The normalized spacial score (nSPS) is 12.0. The van der Waals surface area contributed by atoms with E-state index >= 15 is 0 Å². The van der Waals surface area contributed by atoms with Crippen molar-refractivity contribution in [1.82, 2.24) is 10.3 Å². The van der Waals surface area contributed by atoms with Crippen LogP contribution in [-0.2, 0) is 6.54 Å². The number of amides is 1. The molecule has 0 radical (unpaired) electrons. The molecule has 5 rings (SSSR count). The first-order valence-corrected chi connectivity index (χ1v) is 9.65. The van der Waals surface area contributed by atoms with Gasteiger partial charge in [0, 0.05) is 17.6 Å². The number of carbonyl (C=O) groups excluding carboxylic acids is 1. The predicted octanol–water partition coefficient (Wildman–Crippen LogP) is 4.64. The van der Waals surface area contributed by atoms with Crippen molar-refractivity contribution in [2.24, 2.45) is 0 Å². The summed E-state index contributed by atoms with van der Waals surface area (Å²) in [6.45, 7) is 0.610. The summed E-state index contributed by atoms with van der Waals surface area (Å²) in [6.07, 6.45) is 0. The Morgan fingerprint density at radius 3 is 2.60 bits per heavy atom. The van der Waals surface area contributed by atoms with E-state index < -0.39 is 0 Å². The fourth-order valence-corrected chi connectivity index (χ4v) is 3.43. The fourth-order valence-electron chi connectivity index (χ4n) is 3.43. The minimum atomic E-state index is -0.164. The topological polar surface area (TPSA) is 72.5 Å². The summed E-state index contributed by atoms with van der Waals surface area (Å²) in [7, 11) is 0. The number of rotatable bonds is 5. The van der Waals surface area contributed by atoms with Crippen LogP contribution in [0, 0.1) is 0 Å². The van der Waals surface area contributed by atoms with Gasteiger partial charge in [-0.05, 0) is 42.0 Å². The quantitative estimate of drug-likeness (QED) is 0.513. The molecule has 30 heavy (non-hydrogen) atoms. The van der Waals surface area contributed by atoms with Crippen LogP contribution >= 0.6 is 0 Å². The molecule has 0 bridgehead atoms. The second-order valence-electron chi connectivity index (χ2n) is 6.93. The highest BCUT2D eigenvalue weighted by atomic mass is 16.7. The number of ether oxygens (including phenoxy) is 2. The van der Waals surface area contributed by atoms with Gasteiger partial charge in [-0.2, -0.15) is 0 Å². The molecule has 3 aromatic carbocycles. The maximum atomic E-state index is 13.0. The average molecular weight is 397 g/mol.